The van der Waals surface area contributed by atoms with Crippen LogP contribution in [0.25, 0.3) is 10.9 Å². The smallest absolute Gasteiger partial charge is 0.306 e. The second-order valence-electron chi connectivity index (χ2n) is 4.30. The normalized spacial score (nSPS) is 12.6. The first-order valence-corrected chi connectivity index (χ1v) is 5.63. The minimum atomic E-state index is -0.912. The number of halogens is 1. The fourth-order valence-corrected chi connectivity index (χ4v) is 1.78. The molecule has 0 aliphatic heterocycles. The van der Waals surface area contributed by atoms with Gasteiger partial charge in [0.2, 0.25) is 0 Å². The average Bonchev–Trinajstić information content (AvgIpc) is 2.30. The lowest BCUT2D eigenvalue weighted by atomic mass is 10.1. The number of hydrogen-bond donors (Lipinski definition) is 1. The van der Waals surface area contributed by atoms with Gasteiger partial charge in [-0.25, -0.2) is 14.4 Å². The molecule has 0 aliphatic rings. The van der Waals surface area contributed by atoms with Crippen LogP contribution >= 0.6 is 0 Å². The molecule has 0 aliphatic carbocycles. The number of nitrogens with zero attached hydrogens (tertiary/aromatic N) is 2. The average molecular weight is 248 g/mol. The molecule has 0 bridgehead atoms. The van der Waals surface area contributed by atoms with Crippen molar-refractivity contribution in [2.75, 3.05) is 0 Å². The second kappa shape index (κ2) is 4.68. The predicted octanol–water partition coefficient (Wildman–Crippen LogP) is 2.34. The third kappa shape index (κ3) is 2.30. The minimum Gasteiger partial charge on any atom is -0.481 e. The summed E-state index contributed by atoms with van der Waals surface area (Å²) in [7, 11) is 0. The molecule has 94 valence electrons. The zero-order valence-electron chi connectivity index (χ0n) is 10.1. The van der Waals surface area contributed by atoms with Crippen LogP contribution in [0.4, 0.5) is 4.39 Å². The molecule has 1 aromatic heterocycles. The molecule has 5 heteroatoms. The monoisotopic (exact) mass is 248 g/mol. The van der Waals surface area contributed by atoms with E-state index in [4.69, 9.17) is 5.11 Å². The summed E-state index contributed by atoms with van der Waals surface area (Å²) >= 11 is 0. The van der Waals surface area contributed by atoms with E-state index in [-0.39, 0.29) is 11.9 Å². The first kappa shape index (κ1) is 12.4. The number of rotatable bonds is 3. The highest BCUT2D eigenvalue weighted by atomic mass is 19.1. The maximum absolute atomic E-state index is 13.6. The number of aromatic nitrogens is 2. The third-order valence-corrected chi connectivity index (χ3v) is 2.82. The number of fused-ring (bicyclic) bond motifs is 1. The van der Waals surface area contributed by atoms with Crippen molar-refractivity contribution in [2.45, 2.75) is 20.3 Å². The number of aryl methyl sites for hydroxylation is 1. The van der Waals surface area contributed by atoms with E-state index in [9.17, 15) is 9.18 Å². The maximum atomic E-state index is 13.6. The zero-order chi connectivity index (χ0) is 13.3. The molecule has 4 nitrogen and oxygen atoms in total. The van der Waals surface area contributed by atoms with Gasteiger partial charge in [-0.1, -0.05) is 19.1 Å². The van der Waals surface area contributed by atoms with Gasteiger partial charge >= 0.3 is 5.97 Å². The minimum absolute atomic E-state index is 0.195. The SMILES string of the molecule is Cc1nc(CC(C)C(=O)O)nc2c(F)cccc12. The van der Waals surface area contributed by atoms with Crippen molar-refractivity contribution in [2.24, 2.45) is 5.92 Å². The van der Waals surface area contributed by atoms with Crippen molar-refractivity contribution in [1.82, 2.24) is 9.97 Å². The van der Waals surface area contributed by atoms with Gasteiger partial charge in [-0.2, -0.15) is 0 Å². The van der Waals surface area contributed by atoms with E-state index in [1.165, 1.54) is 6.07 Å². The number of hydrogen-bond acceptors (Lipinski definition) is 3. The fraction of sp³-hybridized carbons (Fsp3) is 0.308. The summed E-state index contributed by atoms with van der Waals surface area (Å²) in [6.45, 7) is 3.34. The van der Waals surface area contributed by atoms with E-state index in [1.54, 1.807) is 26.0 Å². The Labute approximate surface area is 103 Å². The van der Waals surface area contributed by atoms with E-state index in [2.05, 4.69) is 9.97 Å². The van der Waals surface area contributed by atoms with Crippen molar-refractivity contribution < 1.29 is 14.3 Å². The summed E-state index contributed by atoms with van der Waals surface area (Å²) in [5.74, 6) is -1.55. The number of carboxylic acids is 1. The van der Waals surface area contributed by atoms with Crippen LogP contribution in [0.1, 0.15) is 18.4 Å². The molecule has 1 N–H and O–H groups in total. The second-order valence-corrected chi connectivity index (χ2v) is 4.30. The molecule has 0 spiro atoms. The number of aliphatic carboxylic acids is 1. The van der Waals surface area contributed by atoms with E-state index >= 15 is 0 Å². The largest absolute Gasteiger partial charge is 0.481 e. The molecule has 2 rings (SSSR count). The first-order valence-electron chi connectivity index (χ1n) is 5.63. The number of carboxylic acid groups (broad SMARTS) is 1. The molecular weight excluding hydrogens is 235 g/mol. The number of para-hydroxylation sites is 1. The summed E-state index contributed by atoms with van der Waals surface area (Å²) in [6.07, 6.45) is 0.195. The third-order valence-electron chi connectivity index (χ3n) is 2.82. The molecular formula is C13H13FN2O2. The summed E-state index contributed by atoms with van der Waals surface area (Å²) in [6, 6.07) is 4.69. The number of carbonyl (C=O) groups is 1. The van der Waals surface area contributed by atoms with Crippen LogP contribution in [0, 0.1) is 18.7 Å². The van der Waals surface area contributed by atoms with Crippen molar-refractivity contribution in [3.8, 4) is 0 Å². The molecule has 0 fully saturated rings. The van der Waals surface area contributed by atoms with Crippen LogP contribution in [0.5, 0.6) is 0 Å². The maximum Gasteiger partial charge on any atom is 0.306 e. The predicted molar refractivity (Wildman–Crippen MR) is 64.7 cm³/mol. The molecule has 0 saturated carbocycles. The van der Waals surface area contributed by atoms with Gasteiger partial charge in [-0.3, -0.25) is 4.79 Å². The van der Waals surface area contributed by atoms with E-state index < -0.39 is 17.7 Å². The molecule has 0 saturated heterocycles. The molecule has 1 unspecified atom stereocenters. The Morgan fingerprint density at radius 3 is 2.83 bits per heavy atom. The zero-order valence-corrected chi connectivity index (χ0v) is 10.1. The lowest BCUT2D eigenvalue weighted by Crippen LogP contribution is -2.14. The van der Waals surface area contributed by atoms with Crippen molar-refractivity contribution in [3.63, 3.8) is 0 Å². The van der Waals surface area contributed by atoms with Gasteiger partial charge < -0.3 is 5.11 Å². The van der Waals surface area contributed by atoms with Crippen LogP contribution in [-0.4, -0.2) is 21.0 Å². The molecule has 0 amide bonds. The molecule has 18 heavy (non-hydrogen) atoms. The Bertz CT molecular complexity index is 613. The lowest BCUT2D eigenvalue weighted by molar-refractivity contribution is -0.141. The Balaban J connectivity index is 2.48. The quantitative estimate of drug-likeness (QED) is 0.905. The molecule has 0 radical (unpaired) electrons. The highest BCUT2D eigenvalue weighted by Gasteiger charge is 2.15. The summed E-state index contributed by atoms with van der Waals surface area (Å²) < 4.78 is 13.6. The lowest BCUT2D eigenvalue weighted by Gasteiger charge is -2.08. The summed E-state index contributed by atoms with van der Waals surface area (Å²) in [5, 5.41) is 9.51. The summed E-state index contributed by atoms with van der Waals surface area (Å²) in [4.78, 5) is 19.1. The van der Waals surface area contributed by atoms with E-state index in [0.29, 0.717) is 16.9 Å². The van der Waals surface area contributed by atoms with Gasteiger partial charge in [0.1, 0.15) is 17.2 Å². The Morgan fingerprint density at radius 1 is 1.44 bits per heavy atom. The van der Waals surface area contributed by atoms with Crippen molar-refractivity contribution in [1.29, 1.82) is 0 Å². The Morgan fingerprint density at radius 2 is 2.17 bits per heavy atom. The highest BCUT2D eigenvalue weighted by molar-refractivity contribution is 5.81. The van der Waals surface area contributed by atoms with Crippen LogP contribution in [0.3, 0.4) is 0 Å². The van der Waals surface area contributed by atoms with Crippen molar-refractivity contribution >= 4 is 16.9 Å². The van der Waals surface area contributed by atoms with Gasteiger partial charge in [0.05, 0.1) is 5.92 Å². The van der Waals surface area contributed by atoms with E-state index in [1.807, 2.05) is 0 Å². The van der Waals surface area contributed by atoms with Gasteiger partial charge in [0, 0.05) is 17.5 Å². The van der Waals surface area contributed by atoms with Gasteiger partial charge in [0.15, 0.2) is 0 Å². The topological polar surface area (TPSA) is 63.1 Å². The molecule has 2 aromatic rings. The summed E-state index contributed by atoms with van der Waals surface area (Å²) in [5.41, 5.74) is 0.907. The number of benzene rings is 1. The molecule has 1 aromatic carbocycles. The Hall–Kier alpha value is -2.04. The van der Waals surface area contributed by atoms with Crippen molar-refractivity contribution in [3.05, 3.63) is 35.5 Å². The fourth-order valence-electron chi connectivity index (χ4n) is 1.78. The van der Waals surface area contributed by atoms with E-state index in [0.717, 1.165) is 0 Å². The Kier molecular flexibility index (Phi) is 3.23. The van der Waals surface area contributed by atoms with Crippen LogP contribution in [0.2, 0.25) is 0 Å². The molecule has 1 heterocycles. The van der Waals surface area contributed by atoms with Gasteiger partial charge in [-0.15, -0.1) is 0 Å². The van der Waals surface area contributed by atoms with Crippen LogP contribution in [0.15, 0.2) is 18.2 Å². The first-order chi connectivity index (χ1) is 8.49. The molecule has 1 atom stereocenters. The van der Waals surface area contributed by atoms with Crippen LogP contribution < -0.4 is 0 Å². The van der Waals surface area contributed by atoms with Gasteiger partial charge in [0.25, 0.3) is 0 Å². The van der Waals surface area contributed by atoms with Crippen LogP contribution in [-0.2, 0) is 11.2 Å². The van der Waals surface area contributed by atoms with Gasteiger partial charge in [-0.05, 0) is 13.0 Å². The highest BCUT2D eigenvalue weighted by Crippen LogP contribution is 2.19. The standard InChI is InChI=1S/C13H13FN2O2/c1-7(13(17)18)6-11-15-8(2)9-4-3-5-10(14)12(9)16-11/h3-5,7H,6H2,1-2H3,(H,17,18).